The molecule has 0 amide bonds. The Labute approximate surface area is 384 Å². The largest absolute Gasteiger partial charge is 0.462 e. The van der Waals surface area contributed by atoms with Gasteiger partial charge in [-0.3, -0.25) is 9.59 Å². The van der Waals surface area contributed by atoms with Crippen LogP contribution in [0.2, 0.25) is 0 Å². The molecule has 5 heteroatoms. The zero-order valence-corrected chi connectivity index (χ0v) is 39.8. The first-order valence-corrected chi connectivity index (χ1v) is 25.6. The zero-order valence-electron chi connectivity index (χ0n) is 39.8. The first-order chi connectivity index (χ1) is 31.1. The highest BCUT2D eigenvalue weighted by atomic mass is 16.6. The van der Waals surface area contributed by atoms with Crippen LogP contribution in [0.15, 0.2) is 115 Å². The molecule has 0 aliphatic rings. The van der Waals surface area contributed by atoms with Gasteiger partial charge in [-0.25, -0.2) is 0 Å². The van der Waals surface area contributed by atoms with E-state index in [1.54, 1.807) is 0 Å². The predicted octanol–water partition coefficient (Wildman–Crippen LogP) is 16.5. The van der Waals surface area contributed by atoms with E-state index < -0.39 is 11.7 Å². The SMILES string of the molecule is CCCCCCCC/C=C\CCCCCCCC(=O)OC[C@@H](COC(c1ccccc1)(c1ccccc1)c1ccccc1)OC(=O)CCCCCCC/C=C\CCCCCCCC. The van der Waals surface area contributed by atoms with E-state index in [2.05, 4.69) is 74.5 Å². The first-order valence-electron chi connectivity index (χ1n) is 25.6. The Morgan fingerprint density at radius 3 is 1.14 bits per heavy atom. The summed E-state index contributed by atoms with van der Waals surface area (Å²) in [5, 5.41) is 0. The molecule has 5 nitrogen and oxygen atoms in total. The van der Waals surface area contributed by atoms with Gasteiger partial charge in [-0.15, -0.1) is 0 Å². The molecule has 3 aromatic rings. The molecule has 0 fully saturated rings. The van der Waals surface area contributed by atoms with E-state index in [1.807, 2.05) is 54.6 Å². The molecule has 3 rings (SSSR count). The van der Waals surface area contributed by atoms with Gasteiger partial charge in [0.2, 0.25) is 0 Å². The van der Waals surface area contributed by atoms with Gasteiger partial charge in [-0.2, -0.15) is 0 Å². The van der Waals surface area contributed by atoms with Crippen LogP contribution in [0, 0.1) is 0 Å². The molecule has 0 N–H and O–H groups in total. The number of esters is 2. The van der Waals surface area contributed by atoms with Gasteiger partial charge in [-0.05, 0) is 80.9 Å². The molecule has 1 atom stereocenters. The summed E-state index contributed by atoms with van der Waals surface area (Å²) in [7, 11) is 0. The fourth-order valence-corrected chi connectivity index (χ4v) is 8.29. The van der Waals surface area contributed by atoms with Crippen molar-refractivity contribution in [1.82, 2.24) is 0 Å². The molecule has 0 saturated heterocycles. The van der Waals surface area contributed by atoms with Gasteiger partial charge in [0.15, 0.2) is 6.10 Å². The molecule has 0 spiro atoms. The molecule has 0 radical (unpaired) electrons. The van der Waals surface area contributed by atoms with Crippen LogP contribution in [0.4, 0.5) is 0 Å². The van der Waals surface area contributed by atoms with Crippen LogP contribution in [-0.2, 0) is 29.4 Å². The third-order valence-corrected chi connectivity index (χ3v) is 12.0. The molecule has 0 unspecified atom stereocenters. The lowest BCUT2D eigenvalue weighted by Gasteiger charge is -2.37. The van der Waals surface area contributed by atoms with E-state index in [1.165, 1.54) is 116 Å². The molecule has 0 heterocycles. The second-order valence-electron chi connectivity index (χ2n) is 17.6. The number of allylic oxidation sites excluding steroid dienone is 4. The van der Waals surface area contributed by atoms with Gasteiger partial charge in [0.25, 0.3) is 0 Å². The van der Waals surface area contributed by atoms with Gasteiger partial charge in [0.1, 0.15) is 12.2 Å². The number of carbonyl (C=O) groups is 2. The van der Waals surface area contributed by atoms with Gasteiger partial charge in [0, 0.05) is 12.8 Å². The van der Waals surface area contributed by atoms with Crippen LogP contribution in [0.1, 0.15) is 210 Å². The molecule has 63 heavy (non-hydrogen) atoms. The third kappa shape index (κ3) is 24.1. The molecule has 0 aromatic heterocycles. The Balaban J connectivity index is 1.50. The number of carbonyl (C=O) groups excluding carboxylic acids is 2. The highest BCUT2D eigenvalue weighted by Crippen LogP contribution is 2.40. The maximum Gasteiger partial charge on any atom is 0.306 e. The van der Waals surface area contributed by atoms with Gasteiger partial charge < -0.3 is 14.2 Å². The number of unbranched alkanes of at least 4 members (excludes halogenated alkanes) is 22. The Kier molecular flexibility index (Phi) is 30.8. The van der Waals surface area contributed by atoms with E-state index in [0.717, 1.165) is 68.1 Å². The molecule has 0 saturated carbocycles. The fourth-order valence-electron chi connectivity index (χ4n) is 8.29. The summed E-state index contributed by atoms with van der Waals surface area (Å²) < 4.78 is 19.0. The van der Waals surface area contributed by atoms with Crippen molar-refractivity contribution >= 4 is 11.9 Å². The third-order valence-electron chi connectivity index (χ3n) is 12.0. The van der Waals surface area contributed by atoms with Crippen LogP contribution in [0.25, 0.3) is 0 Å². The summed E-state index contributed by atoms with van der Waals surface area (Å²) in [5.74, 6) is -0.536. The van der Waals surface area contributed by atoms with Gasteiger partial charge in [-0.1, -0.05) is 232 Å². The second kappa shape index (κ2) is 36.4. The minimum absolute atomic E-state index is 0.0452. The van der Waals surface area contributed by atoms with Crippen molar-refractivity contribution in [2.45, 2.75) is 205 Å². The van der Waals surface area contributed by atoms with Crippen molar-refractivity contribution in [3.63, 3.8) is 0 Å². The van der Waals surface area contributed by atoms with Crippen LogP contribution in [-0.4, -0.2) is 31.3 Å². The fraction of sp³-hybridized carbons (Fsp3) is 0.586. The predicted molar refractivity (Wildman–Crippen MR) is 265 cm³/mol. The van der Waals surface area contributed by atoms with Crippen LogP contribution >= 0.6 is 0 Å². The quantitative estimate of drug-likeness (QED) is 0.0247. The van der Waals surface area contributed by atoms with Crippen molar-refractivity contribution in [2.24, 2.45) is 0 Å². The molecule has 0 bridgehead atoms. The summed E-state index contributed by atoms with van der Waals surface area (Å²) >= 11 is 0. The monoisotopic (exact) mass is 863 g/mol. The molecule has 0 aliphatic carbocycles. The highest BCUT2D eigenvalue weighted by Gasteiger charge is 2.38. The summed E-state index contributed by atoms with van der Waals surface area (Å²) in [6, 6.07) is 30.5. The Morgan fingerprint density at radius 2 is 0.762 bits per heavy atom. The summed E-state index contributed by atoms with van der Waals surface area (Å²) in [6.07, 6.45) is 40.6. The molecule has 3 aromatic carbocycles. The first kappa shape index (κ1) is 53.4. The minimum Gasteiger partial charge on any atom is -0.462 e. The highest BCUT2D eigenvalue weighted by molar-refractivity contribution is 5.70. The lowest BCUT2D eigenvalue weighted by Crippen LogP contribution is -2.38. The maximum atomic E-state index is 13.4. The Morgan fingerprint density at radius 1 is 0.429 bits per heavy atom. The van der Waals surface area contributed by atoms with Crippen molar-refractivity contribution in [3.8, 4) is 0 Å². The summed E-state index contributed by atoms with van der Waals surface area (Å²) in [6.45, 7) is 4.54. The van der Waals surface area contributed by atoms with Crippen molar-refractivity contribution in [3.05, 3.63) is 132 Å². The lowest BCUT2D eigenvalue weighted by atomic mass is 9.80. The smallest absolute Gasteiger partial charge is 0.306 e. The van der Waals surface area contributed by atoms with Crippen LogP contribution < -0.4 is 0 Å². The van der Waals surface area contributed by atoms with Crippen LogP contribution in [0.3, 0.4) is 0 Å². The molecule has 0 aliphatic heterocycles. The lowest BCUT2D eigenvalue weighted by molar-refractivity contribution is -0.165. The molecular formula is C58H86O5. The Hall–Kier alpha value is -3.96. The van der Waals surface area contributed by atoms with Crippen LogP contribution in [0.5, 0.6) is 0 Å². The minimum atomic E-state index is -0.981. The number of hydrogen-bond acceptors (Lipinski definition) is 5. The molecule has 348 valence electrons. The summed E-state index contributed by atoms with van der Waals surface area (Å²) in [4.78, 5) is 26.4. The van der Waals surface area contributed by atoms with Gasteiger partial charge >= 0.3 is 11.9 Å². The average molecular weight is 863 g/mol. The van der Waals surface area contributed by atoms with E-state index in [0.29, 0.717) is 12.8 Å². The van der Waals surface area contributed by atoms with Crippen molar-refractivity contribution < 1.29 is 23.8 Å². The maximum absolute atomic E-state index is 13.4. The van der Waals surface area contributed by atoms with E-state index in [-0.39, 0.29) is 25.2 Å². The van der Waals surface area contributed by atoms with E-state index in [9.17, 15) is 9.59 Å². The Bertz CT molecular complexity index is 1490. The zero-order chi connectivity index (χ0) is 44.7. The number of rotatable bonds is 39. The van der Waals surface area contributed by atoms with E-state index >= 15 is 0 Å². The number of hydrogen-bond donors (Lipinski definition) is 0. The normalized spacial score (nSPS) is 12.3. The number of ether oxygens (including phenoxy) is 3. The topological polar surface area (TPSA) is 61.8 Å². The van der Waals surface area contributed by atoms with Crippen molar-refractivity contribution in [1.29, 1.82) is 0 Å². The summed E-state index contributed by atoms with van der Waals surface area (Å²) in [5.41, 5.74) is 1.90. The number of benzene rings is 3. The standard InChI is InChI=1S/C58H86O5/c1-3-5-7-9-11-13-15-17-19-21-23-25-27-29-40-48-56(59)61-50-55(63-57(60)49-41-30-28-26-24-22-20-18-16-14-12-10-8-6-4-2)51-62-58(52-42-34-31-35-43-52,53-44-36-32-37-45-53)54-46-38-33-39-47-54/h17-20,31-39,42-47,55H,3-16,21-30,40-41,48-51H2,1-2H3/b19-17-,20-18-/t55-/m0/s1. The second-order valence-corrected chi connectivity index (χ2v) is 17.6. The molecular weight excluding hydrogens is 777 g/mol. The van der Waals surface area contributed by atoms with Crippen molar-refractivity contribution in [2.75, 3.05) is 13.2 Å². The average Bonchev–Trinajstić information content (AvgIpc) is 3.31. The van der Waals surface area contributed by atoms with Gasteiger partial charge in [0.05, 0.1) is 6.61 Å². The van der Waals surface area contributed by atoms with E-state index in [4.69, 9.17) is 14.2 Å².